The molecule has 0 radical (unpaired) electrons. The molecule has 0 aromatic heterocycles. The molecule has 5 nitrogen and oxygen atoms in total. The van der Waals surface area contributed by atoms with E-state index >= 15 is 0 Å². The standard InChI is InChI=1S/C13H24N2O3/c1-5-10-7-6-8-15(10)12(16)11(9(2)3)14-13(17)18-4/h9-11H,5-8H2,1-4H3,(H,14,17)/t10-,11?/m1/s1. The number of amides is 2. The van der Waals surface area contributed by atoms with E-state index in [0.29, 0.717) is 6.04 Å². The smallest absolute Gasteiger partial charge is 0.407 e. The van der Waals surface area contributed by atoms with Crippen molar-refractivity contribution in [3.05, 3.63) is 0 Å². The summed E-state index contributed by atoms with van der Waals surface area (Å²) in [6.07, 6.45) is 2.53. The quantitative estimate of drug-likeness (QED) is 0.834. The fourth-order valence-electron chi connectivity index (χ4n) is 2.43. The summed E-state index contributed by atoms with van der Waals surface area (Å²) in [6.45, 7) is 6.74. The van der Waals surface area contributed by atoms with E-state index in [-0.39, 0.29) is 11.8 Å². The Kier molecular flexibility index (Phi) is 5.44. The predicted molar refractivity (Wildman–Crippen MR) is 69.2 cm³/mol. The molecule has 1 fully saturated rings. The van der Waals surface area contributed by atoms with Crippen LogP contribution in [0.5, 0.6) is 0 Å². The van der Waals surface area contributed by atoms with Crippen LogP contribution < -0.4 is 5.32 Å². The van der Waals surface area contributed by atoms with E-state index in [0.717, 1.165) is 25.8 Å². The van der Waals surface area contributed by atoms with E-state index < -0.39 is 12.1 Å². The molecule has 0 bridgehead atoms. The first-order chi connectivity index (χ1) is 8.51. The molecule has 1 N–H and O–H groups in total. The minimum atomic E-state index is -0.547. The Hall–Kier alpha value is -1.26. The van der Waals surface area contributed by atoms with Gasteiger partial charge in [-0.15, -0.1) is 0 Å². The predicted octanol–water partition coefficient (Wildman–Crippen LogP) is 1.77. The van der Waals surface area contributed by atoms with Crippen LogP contribution in [0, 0.1) is 5.92 Å². The van der Waals surface area contributed by atoms with Gasteiger partial charge in [0.25, 0.3) is 0 Å². The molecule has 1 heterocycles. The van der Waals surface area contributed by atoms with Crippen LogP contribution in [0.1, 0.15) is 40.0 Å². The minimum Gasteiger partial charge on any atom is -0.453 e. The highest BCUT2D eigenvalue weighted by molar-refractivity contribution is 5.86. The second-order valence-electron chi connectivity index (χ2n) is 5.09. The fraction of sp³-hybridized carbons (Fsp3) is 0.846. The van der Waals surface area contributed by atoms with Crippen molar-refractivity contribution in [3.63, 3.8) is 0 Å². The third-order valence-corrected chi connectivity index (χ3v) is 3.52. The number of methoxy groups -OCH3 is 1. The lowest BCUT2D eigenvalue weighted by atomic mass is 10.0. The lowest BCUT2D eigenvalue weighted by Crippen LogP contribution is -2.52. The maximum atomic E-state index is 12.5. The number of nitrogens with one attached hydrogen (secondary N) is 1. The van der Waals surface area contributed by atoms with Crippen LogP contribution in [-0.4, -0.2) is 42.6 Å². The topological polar surface area (TPSA) is 58.6 Å². The molecule has 18 heavy (non-hydrogen) atoms. The lowest BCUT2D eigenvalue weighted by Gasteiger charge is -2.30. The van der Waals surface area contributed by atoms with Crippen LogP contribution in [0.3, 0.4) is 0 Å². The van der Waals surface area contributed by atoms with Crippen LogP contribution in [0.4, 0.5) is 4.79 Å². The Bertz CT molecular complexity index is 305. The fourth-order valence-corrected chi connectivity index (χ4v) is 2.43. The molecule has 0 spiro atoms. The number of alkyl carbamates (subject to hydrolysis) is 1. The summed E-state index contributed by atoms with van der Waals surface area (Å²) in [6, 6.07) is -0.178. The third-order valence-electron chi connectivity index (χ3n) is 3.52. The van der Waals surface area contributed by atoms with Gasteiger partial charge in [0.05, 0.1) is 7.11 Å². The number of carbonyl (C=O) groups is 2. The highest BCUT2D eigenvalue weighted by Crippen LogP contribution is 2.22. The number of likely N-dealkylation sites (tertiary alicyclic amines) is 1. The largest absolute Gasteiger partial charge is 0.453 e. The molecule has 2 atom stereocenters. The van der Waals surface area contributed by atoms with Gasteiger partial charge in [0.1, 0.15) is 6.04 Å². The normalized spacial score (nSPS) is 20.9. The molecule has 1 aliphatic rings. The molecule has 1 rings (SSSR count). The van der Waals surface area contributed by atoms with Gasteiger partial charge in [0.15, 0.2) is 0 Å². The van der Waals surface area contributed by atoms with Crippen molar-refractivity contribution in [2.45, 2.75) is 52.1 Å². The summed E-state index contributed by atoms with van der Waals surface area (Å²) >= 11 is 0. The second-order valence-corrected chi connectivity index (χ2v) is 5.09. The van der Waals surface area contributed by atoms with Crippen molar-refractivity contribution in [1.29, 1.82) is 0 Å². The average Bonchev–Trinajstić information content (AvgIpc) is 2.82. The van der Waals surface area contributed by atoms with Crippen molar-refractivity contribution < 1.29 is 14.3 Å². The van der Waals surface area contributed by atoms with E-state index in [2.05, 4.69) is 17.0 Å². The molecule has 0 saturated carbocycles. The van der Waals surface area contributed by atoms with Crippen LogP contribution in [0.2, 0.25) is 0 Å². The van der Waals surface area contributed by atoms with Crippen LogP contribution in [-0.2, 0) is 9.53 Å². The summed E-state index contributed by atoms with van der Waals surface area (Å²) < 4.78 is 4.58. The first-order valence-corrected chi connectivity index (χ1v) is 6.66. The van der Waals surface area contributed by atoms with E-state index in [1.165, 1.54) is 7.11 Å². The molecule has 1 aliphatic heterocycles. The SMILES string of the molecule is CC[C@@H]1CCCN1C(=O)C(NC(=O)OC)C(C)C. The average molecular weight is 256 g/mol. The summed E-state index contributed by atoms with van der Waals surface area (Å²) in [4.78, 5) is 25.7. The van der Waals surface area contributed by atoms with E-state index in [1.807, 2.05) is 18.7 Å². The zero-order valence-electron chi connectivity index (χ0n) is 11.7. The molecule has 2 amide bonds. The van der Waals surface area contributed by atoms with Gasteiger partial charge >= 0.3 is 6.09 Å². The molecule has 5 heteroatoms. The molecule has 0 aromatic carbocycles. The molecule has 0 aromatic rings. The summed E-state index contributed by atoms with van der Waals surface area (Å²) in [5.41, 5.74) is 0. The summed E-state index contributed by atoms with van der Waals surface area (Å²) in [5, 5.41) is 2.64. The zero-order chi connectivity index (χ0) is 13.7. The summed E-state index contributed by atoms with van der Waals surface area (Å²) in [5.74, 6) is 0.0643. The Morgan fingerprint density at radius 3 is 2.61 bits per heavy atom. The van der Waals surface area contributed by atoms with Gasteiger partial charge in [-0.05, 0) is 25.2 Å². The number of ether oxygens (including phenoxy) is 1. The maximum Gasteiger partial charge on any atom is 0.407 e. The summed E-state index contributed by atoms with van der Waals surface area (Å²) in [7, 11) is 1.31. The van der Waals surface area contributed by atoms with E-state index in [9.17, 15) is 9.59 Å². The van der Waals surface area contributed by atoms with E-state index in [1.54, 1.807) is 0 Å². The Balaban J connectivity index is 2.73. The number of carbonyl (C=O) groups excluding carboxylic acids is 2. The van der Waals surface area contributed by atoms with Crippen molar-refractivity contribution in [2.24, 2.45) is 5.92 Å². The van der Waals surface area contributed by atoms with Gasteiger partial charge < -0.3 is 15.0 Å². The Morgan fingerprint density at radius 1 is 1.44 bits per heavy atom. The van der Waals surface area contributed by atoms with Gasteiger partial charge in [0.2, 0.25) is 5.91 Å². The van der Waals surface area contributed by atoms with Gasteiger partial charge in [-0.3, -0.25) is 4.79 Å². The Labute approximate surface area is 109 Å². The highest BCUT2D eigenvalue weighted by Gasteiger charge is 2.34. The van der Waals surface area contributed by atoms with Gasteiger partial charge in [-0.25, -0.2) is 4.79 Å². The first kappa shape index (κ1) is 14.8. The zero-order valence-corrected chi connectivity index (χ0v) is 11.7. The lowest BCUT2D eigenvalue weighted by molar-refractivity contribution is -0.135. The van der Waals surface area contributed by atoms with Crippen molar-refractivity contribution in [1.82, 2.24) is 10.2 Å². The monoisotopic (exact) mass is 256 g/mol. The van der Waals surface area contributed by atoms with Gasteiger partial charge in [-0.1, -0.05) is 20.8 Å². The minimum absolute atomic E-state index is 0.0137. The maximum absolute atomic E-state index is 12.5. The van der Waals surface area contributed by atoms with Crippen LogP contribution in [0.25, 0.3) is 0 Å². The molecular weight excluding hydrogens is 232 g/mol. The van der Waals surface area contributed by atoms with Crippen molar-refractivity contribution in [2.75, 3.05) is 13.7 Å². The molecule has 104 valence electrons. The highest BCUT2D eigenvalue weighted by atomic mass is 16.5. The molecule has 1 unspecified atom stereocenters. The van der Waals surface area contributed by atoms with Crippen LogP contribution in [0.15, 0.2) is 0 Å². The number of hydrogen-bond acceptors (Lipinski definition) is 3. The number of rotatable bonds is 4. The van der Waals surface area contributed by atoms with Gasteiger partial charge in [-0.2, -0.15) is 0 Å². The van der Waals surface area contributed by atoms with Crippen molar-refractivity contribution >= 4 is 12.0 Å². The molecule has 1 saturated heterocycles. The number of hydrogen-bond donors (Lipinski definition) is 1. The second kappa shape index (κ2) is 6.61. The van der Waals surface area contributed by atoms with Gasteiger partial charge in [0, 0.05) is 12.6 Å². The Morgan fingerprint density at radius 2 is 2.11 bits per heavy atom. The van der Waals surface area contributed by atoms with Crippen LogP contribution >= 0.6 is 0 Å². The molecular formula is C13H24N2O3. The van der Waals surface area contributed by atoms with E-state index in [4.69, 9.17) is 0 Å². The third kappa shape index (κ3) is 3.37. The number of nitrogens with zero attached hydrogens (tertiary/aromatic N) is 1. The van der Waals surface area contributed by atoms with Crippen molar-refractivity contribution in [3.8, 4) is 0 Å². The first-order valence-electron chi connectivity index (χ1n) is 6.66. The molecule has 0 aliphatic carbocycles.